The van der Waals surface area contributed by atoms with Gasteiger partial charge in [0.1, 0.15) is 5.52 Å². The van der Waals surface area contributed by atoms with Crippen molar-refractivity contribution < 1.29 is 5.21 Å². The van der Waals surface area contributed by atoms with E-state index in [0.29, 0.717) is 11.8 Å². The molecule has 1 heterocycles. The summed E-state index contributed by atoms with van der Waals surface area (Å²) in [6.45, 7) is 0. The van der Waals surface area contributed by atoms with Gasteiger partial charge in [-0.2, -0.15) is 0 Å². The van der Waals surface area contributed by atoms with Crippen LogP contribution in [0.15, 0.2) is 29.4 Å². The first-order chi connectivity index (χ1) is 8.88. The van der Waals surface area contributed by atoms with E-state index in [0.717, 1.165) is 29.6 Å². The summed E-state index contributed by atoms with van der Waals surface area (Å²) in [6, 6.07) is 8.04. The van der Waals surface area contributed by atoms with Crippen molar-refractivity contribution >= 4 is 16.7 Å². The molecule has 0 aliphatic heterocycles. The molecule has 0 radical (unpaired) electrons. The summed E-state index contributed by atoms with van der Waals surface area (Å²) in [5.41, 5.74) is 2.82. The molecule has 2 aliphatic rings. The Kier molecular flexibility index (Phi) is 1.98. The molecule has 4 rings (SSSR count). The van der Waals surface area contributed by atoms with Gasteiger partial charge >= 0.3 is 0 Å². The van der Waals surface area contributed by atoms with E-state index in [9.17, 15) is 5.21 Å². The van der Waals surface area contributed by atoms with E-state index in [1.54, 1.807) is 0 Å². The molecule has 0 amide bonds. The maximum atomic E-state index is 9.26. The van der Waals surface area contributed by atoms with Crippen LogP contribution in [0.25, 0.3) is 11.0 Å². The van der Waals surface area contributed by atoms with Crippen LogP contribution in [-0.4, -0.2) is 25.9 Å². The molecule has 1 aromatic carbocycles. The van der Waals surface area contributed by atoms with Gasteiger partial charge in [0, 0.05) is 5.92 Å². The van der Waals surface area contributed by atoms with E-state index in [-0.39, 0.29) is 6.04 Å². The van der Waals surface area contributed by atoms with Crippen molar-refractivity contribution in [3.8, 4) is 0 Å². The van der Waals surface area contributed by atoms with Gasteiger partial charge < -0.3 is 5.21 Å². The van der Waals surface area contributed by atoms with E-state index in [2.05, 4.69) is 15.5 Å². The largest absolute Gasteiger partial charge is 0.411 e. The molecule has 3 atom stereocenters. The van der Waals surface area contributed by atoms with E-state index in [1.165, 1.54) is 6.42 Å². The van der Waals surface area contributed by atoms with Crippen LogP contribution in [0.5, 0.6) is 0 Å². The molecule has 2 fully saturated rings. The third kappa shape index (κ3) is 1.19. The van der Waals surface area contributed by atoms with Crippen LogP contribution in [-0.2, 0) is 0 Å². The average molecular weight is 242 g/mol. The summed E-state index contributed by atoms with van der Waals surface area (Å²) in [6.07, 6.45) is 3.47. The number of nitrogens with zero attached hydrogens (tertiary/aromatic N) is 4. The van der Waals surface area contributed by atoms with Gasteiger partial charge in [-0.05, 0) is 37.3 Å². The molecular weight excluding hydrogens is 228 g/mol. The van der Waals surface area contributed by atoms with Crippen LogP contribution in [0.4, 0.5) is 0 Å². The predicted octanol–water partition coefficient (Wildman–Crippen LogP) is 2.23. The summed E-state index contributed by atoms with van der Waals surface area (Å²) < 4.78 is 1.94. The minimum atomic E-state index is 0.0983. The molecule has 92 valence electrons. The summed E-state index contributed by atoms with van der Waals surface area (Å²) in [4.78, 5) is 0. The zero-order valence-corrected chi connectivity index (χ0v) is 9.90. The Labute approximate surface area is 104 Å². The number of oxime groups is 1. The number of fused-ring (bicyclic) bond motifs is 3. The second-order valence-corrected chi connectivity index (χ2v) is 5.26. The minimum absolute atomic E-state index is 0.0983. The molecule has 0 unspecified atom stereocenters. The highest BCUT2D eigenvalue weighted by Crippen LogP contribution is 2.49. The zero-order valence-electron chi connectivity index (χ0n) is 9.90. The molecule has 2 aromatic rings. The number of para-hydroxylation sites is 1. The Morgan fingerprint density at radius 2 is 2.17 bits per heavy atom. The minimum Gasteiger partial charge on any atom is -0.411 e. The fraction of sp³-hybridized carbons (Fsp3) is 0.462. The Bertz CT molecular complexity index is 633. The lowest BCUT2D eigenvalue weighted by atomic mass is 9.93. The van der Waals surface area contributed by atoms with Crippen molar-refractivity contribution in [2.75, 3.05) is 0 Å². The van der Waals surface area contributed by atoms with E-state index < -0.39 is 0 Å². The van der Waals surface area contributed by atoms with Gasteiger partial charge in [-0.15, -0.1) is 5.10 Å². The lowest BCUT2D eigenvalue weighted by Gasteiger charge is -2.23. The Hall–Kier alpha value is -1.91. The van der Waals surface area contributed by atoms with Crippen LogP contribution in [0.1, 0.15) is 25.3 Å². The highest BCUT2D eigenvalue weighted by Gasteiger charge is 2.47. The second kappa shape index (κ2) is 3.54. The van der Waals surface area contributed by atoms with Gasteiger partial charge in [-0.1, -0.05) is 22.5 Å². The van der Waals surface area contributed by atoms with Crippen molar-refractivity contribution in [1.29, 1.82) is 0 Å². The molecule has 1 aromatic heterocycles. The smallest absolute Gasteiger partial charge is 0.113 e. The third-order valence-electron chi connectivity index (χ3n) is 4.40. The fourth-order valence-electron chi connectivity index (χ4n) is 3.61. The van der Waals surface area contributed by atoms with Gasteiger partial charge in [0.25, 0.3) is 0 Å². The number of hydrogen-bond donors (Lipinski definition) is 1. The maximum absolute atomic E-state index is 9.26. The van der Waals surface area contributed by atoms with Crippen molar-refractivity contribution in [3.05, 3.63) is 24.3 Å². The Morgan fingerprint density at radius 3 is 3.06 bits per heavy atom. The number of benzene rings is 1. The lowest BCUT2D eigenvalue weighted by Crippen LogP contribution is -2.26. The first kappa shape index (κ1) is 10.1. The van der Waals surface area contributed by atoms with Crippen LogP contribution in [0, 0.1) is 11.8 Å². The van der Waals surface area contributed by atoms with Gasteiger partial charge in [0.05, 0.1) is 17.3 Å². The zero-order chi connectivity index (χ0) is 12.1. The highest BCUT2D eigenvalue weighted by atomic mass is 16.4. The molecule has 2 bridgehead atoms. The number of hydrogen-bond acceptors (Lipinski definition) is 4. The van der Waals surface area contributed by atoms with Crippen LogP contribution in [0.2, 0.25) is 0 Å². The normalized spacial score (nSPS) is 32.7. The Morgan fingerprint density at radius 1 is 1.28 bits per heavy atom. The number of rotatable bonds is 1. The first-order valence-electron chi connectivity index (χ1n) is 6.40. The molecule has 5 heteroatoms. The number of aromatic nitrogens is 3. The molecule has 18 heavy (non-hydrogen) atoms. The first-order valence-corrected chi connectivity index (χ1v) is 6.40. The molecule has 1 N–H and O–H groups in total. The Balaban J connectivity index is 1.88. The van der Waals surface area contributed by atoms with E-state index >= 15 is 0 Å². The molecule has 0 spiro atoms. The standard InChI is InChI=1S/C13H14N4O/c18-15-12-8-5-6-9(7-8)13(12)17-11-4-2-1-3-10(11)14-16-17/h1-4,8-9,13,18H,5-7H2/b15-12+/t8-,9-,13-/m0/s1. The van der Waals surface area contributed by atoms with Gasteiger partial charge in [0.15, 0.2) is 0 Å². The molecule has 5 nitrogen and oxygen atoms in total. The van der Waals surface area contributed by atoms with Crippen LogP contribution in [0.3, 0.4) is 0 Å². The van der Waals surface area contributed by atoms with Gasteiger partial charge in [-0.25, -0.2) is 4.68 Å². The van der Waals surface area contributed by atoms with Crippen molar-refractivity contribution in [1.82, 2.24) is 15.0 Å². The molecule has 2 aliphatic carbocycles. The monoisotopic (exact) mass is 242 g/mol. The molecular formula is C13H14N4O. The van der Waals surface area contributed by atoms with Gasteiger partial charge in [-0.3, -0.25) is 0 Å². The highest BCUT2D eigenvalue weighted by molar-refractivity contribution is 5.94. The van der Waals surface area contributed by atoms with Gasteiger partial charge in [0.2, 0.25) is 0 Å². The van der Waals surface area contributed by atoms with E-state index in [1.807, 2.05) is 28.9 Å². The summed E-state index contributed by atoms with van der Waals surface area (Å²) >= 11 is 0. The van der Waals surface area contributed by atoms with E-state index in [4.69, 9.17) is 0 Å². The summed E-state index contributed by atoms with van der Waals surface area (Å²) in [7, 11) is 0. The molecule has 2 saturated carbocycles. The quantitative estimate of drug-likeness (QED) is 0.616. The topological polar surface area (TPSA) is 63.3 Å². The summed E-state index contributed by atoms with van der Waals surface area (Å²) in [5, 5.41) is 21.3. The SMILES string of the molecule is O/N=C1\[C@H]2CC[C@@H](C2)[C@@H]1n1nnc2ccccc21. The van der Waals surface area contributed by atoms with Crippen molar-refractivity contribution in [3.63, 3.8) is 0 Å². The predicted molar refractivity (Wildman–Crippen MR) is 66.6 cm³/mol. The second-order valence-electron chi connectivity index (χ2n) is 5.26. The fourth-order valence-corrected chi connectivity index (χ4v) is 3.61. The maximum Gasteiger partial charge on any atom is 0.113 e. The van der Waals surface area contributed by atoms with Crippen molar-refractivity contribution in [2.45, 2.75) is 25.3 Å². The van der Waals surface area contributed by atoms with Crippen LogP contribution < -0.4 is 0 Å². The summed E-state index contributed by atoms with van der Waals surface area (Å²) in [5.74, 6) is 0.985. The molecule has 0 saturated heterocycles. The average Bonchev–Trinajstić information content (AvgIpc) is 3.11. The van der Waals surface area contributed by atoms with Crippen molar-refractivity contribution in [2.24, 2.45) is 17.0 Å². The third-order valence-corrected chi connectivity index (χ3v) is 4.40. The van der Waals surface area contributed by atoms with Crippen LogP contribution >= 0.6 is 0 Å². The lowest BCUT2D eigenvalue weighted by molar-refractivity contribution is 0.305.